The molecule has 1 heterocycles. The molecule has 0 N–H and O–H groups in total. The second-order valence-corrected chi connectivity index (χ2v) is 2.29. The Kier molecular flexibility index (Phi) is 2.22. The fourth-order valence-corrected chi connectivity index (χ4v) is 0.729. The first kappa shape index (κ1) is 7.74. The van der Waals surface area contributed by atoms with Gasteiger partial charge in [-0.2, -0.15) is 0 Å². The Morgan fingerprint density at radius 2 is 2.36 bits per heavy atom. The lowest BCUT2D eigenvalue weighted by Crippen LogP contribution is -1.93. The van der Waals surface area contributed by atoms with Crippen LogP contribution in [0.15, 0.2) is 18.3 Å². The Hall–Kier alpha value is -1.36. The molecule has 0 bridgehead atoms. The van der Waals surface area contributed by atoms with Gasteiger partial charge in [0.1, 0.15) is 5.82 Å². The number of pyridine rings is 1. The highest BCUT2D eigenvalue weighted by molar-refractivity contribution is 5.17. The van der Waals surface area contributed by atoms with Crippen LogP contribution in [0.5, 0.6) is 0 Å². The van der Waals surface area contributed by atoms with E-state index in [1.54, 1.807) is 6.07 Å². The van der Waals surface area contributed by atoms with Crippen molar-refractivity contribution in [2.45, 2.75) is 12.8 Å². The molecular weight excluding hydrogens is 141 g/mol. The quantitative estimate of drug-likeness (QED) is 0.556. The first-order valence-corrected chi connectivity index (χ1v) is 3.31. The lowest BCUT2D eigenvalue weighted by atomic mass is 10.1. The van der Waals surface area contributed by atoms with Gasteiger partial charge >= 0.3 is 0 Å². The molecule has 0 aliphatic heterocycles. The van der Waals surface area contributed by atoms with Gasteiger partial charge in [0.05, 0.1) is 17.8 Å². The molecule has 0 saturated carbocycles. The summed E-state index contributed by atoms with van der Waals surface area (Å²) in [6.07, 6.45) is 6.33. The second kappa shape index (κ2) is 3.16. The van der Waals surface area contributed by atoms with E-state index in [9.17, 15) is 4.39 Å². The van der Waals surface area contributed by atoms with Crippen LogP contribution in [0.1, 0.15) is 18.5 Å². The summed E-state index contributed by atoms with van der Waals surface area (Å²) in [4.78, 5) is 3.83. The maximum atomic E-state index is 12.3. The fourth-order valence-electron chi connectivity index (χ4n) is 0.729. The van der Waals surface area contributed by atoms with Crippen LogP contribution in [0.4, 0.5) is 4.39 Å². The third kappa shape index (κ3) is 1.78. The normalized spacial score (nSPS) is 12.1. The number of aromatic nitrogens is 1. The molecule has 0 radical (unpaired) electrons. The Morgan fingerprint density at radius 1 is 1.64 bits per heavy atom. The van der Waals surface area contributed by atoms with E-state index in [1.165, 1.54) is 12.3 Å². The van der Waals surface area contributed by atoms with E-state index >= 15 is 0 Å². The zero-order valence-electron chi connectivity index (χ0n) is 6.21. The van der Waals surface area contributed by atoms with Gasteiger partial charge in [0, 0.05) is 0 Å². The van der Waals surface area contributed by atoms with Crippen LogP contribution in [0, 0.1) is 18.2 Å². The zero-order chi connectivity index (χ0) is 8.27. The average Bonchev–Trinajstić information content (AvgIpc) is 2.05. The van der Waals surface area contributed by atoms with Gasteiger partial charge in [-0.15, -0.1) is 6.42 Å². The highest BCUT2D eigenvalue weighted by Crippen LogP contribution is 2.10. The van der Waals surface area contributed by atoms with E-state index in [-0.39, 0.29) is 11.7 Å². The van der Waals surface area contributed by atoms with Crippen molar-refractivity contribution in [2.75, 3.05) is 0 Å². The summed E-state index contributed by atoms with van der Waals surface area (Å²) < 4.78 is 12.3. The number of terminal acetylenes is 1. The predicted octanol–water partition coefficient (Wildman–Crippen LogP) is 1.96. The number of nitrogens with zero attached hydrogens (tertiary/aromatic N) is 1. The number of halogens is 1. The number of rotatable bonds is 1. The molecule has 1 aromatic heterocycles. The van der Waals surface area contributed by atoms with Crippen LogP contribution in [0.3, 0.4) is 0 Å². The molecule has 1 rings (SSSR count). The smallest absolute Gasteiger partial charge is 0.141 e. The molecule has 0 aliphatic carbocycles. The molecule has 1 aromatic rings. The molecule has 1 atom stereocenters. The van der Waals surface area contributed by atoms with Crippen LogP contribution in [0.2, 0.25) is 0 Å². The van der Waals surface area contributed by atoms with Gasteiger partial charge in [0.15, 0.2) is 0 Å². The number of hydrogen-bond donors (Lipinski definition) is 0. The van der Waals surface area contributed by atoms with Gasteiger partial charge in [-0.25, -0.2) is 4.39 Å². The molecule has 1 nitrogen and oxygen atoms in total. The zero-order valence-corrected chi connectivity index (χ0v) is 6.21. The van der Waals surface area contributed by atoms with E-state index < -0.39 is 0 Å². The van der Waals surface area contributed by atoms with Crippen LogP contribution in [0.25, 0.3) is 0 Å². The topological polar surface area (TPSA) is 12.9 Å². The minimum absolute atomic E-state index is 0.0457. The molecule has 0 unspecified atom stereocenters. The van der Waals surface area contributed by atoms with Gasteiger partial charge in [0.25, 0.3) is 0 Å². The van der Waals surface area contributed by atoms with Crippen molar-refractivity contribution in [1.29, 1.82) is 0 Å². The molecule has 2 heteroatoms. The lowest BCUT2D eigenvalue weighted by Gasteiger charge is -2.00. The van der Waals surface area contributed by atoms with Crippen LogP contribution in [-0.4, -0.2) is 4.98 Å². The predicted molar refractivity (Wildman–Crippen MR) is 41.4 cm³/mol. The Labute approximate surface area is 65.3 Å². The summed E-state index contributed by atoms with van der Waals surface area (Å²) in [5, 5.41) is 0. The average molecular weight is 149 g/mol. The first-order valence-electron chi connectivity index (χ1n) is 3.31. The van der Waals surface area contributed by atoms with E-state index in [0.717, 1.165) is 5.69 Å². The van der Waals surface area contributed by atoms with Crippen LogP contribution < -0.4 is 0 Å². The highest BCUT2D eigenvalue weighted by atomic mass is 19.1. The molecular formula is C9H8FN. The summed E-state index contributed by atoms with van der Waals surface area (Å²) in [5.41, 5.74) is 0.730. The molecule has 0 spiro atoms. The second-order valence-electron chi connectivity index (χ2n) is 2.29. The summed E-state index contributed by atoms with van der Waals surface area (Å²) in [6.45, 7) is 1.85. The highest BCUT2D eigenvalue weighted by Gasteiger charge is 2.01. The summed E-state index contributed by atoms with van der Waals surface area (Å²) in [7, 11) is 0. The molecule has 0 aromatic carbocycles. The van der Waals surface area contributed by atoms with Gasteiger partial charge in [-0.1, -0.05) is 5.92 Å². The van der Waals surface area contributed by atoms with Crippen molar-refractivity contribution in [3.63, 3.8) is 0 Å². The monoisotopic (exact) mass is 149 g/mol. The first-order chi connectivity index (χ1) is 5.24. The molecule has 0 aliphatic rings. The third-order valence-electron chi connectivity index (χ3n) is 1.44. The standard InChI is InChI=1S/C9H8FN/c1-3-7(2)9-5-4-8(10)6-11-9/h1,4-7H,2H3/t7-/m1/s1. The van der Waals surface area contributed by atoms with Gasteiger partial charge in [0.2, 0.25) is 0 Å². The van der Waals surface area contributed by atoms with Crippen molar-refractivity contribution >= 4 is 0 Å². The SMILES string of the molecule is C#C[C@@H](C)c1ccc(F)cn1. The number of hydrogen-bond acceptors (Lipinski definition) is 1. The van der Waals surface area contributed by atoms with Crippen molar-refractivity contribution in [3.8, 4) is 12.3 Å². The van der Waals surface area contributed by atoms with Crippen molar-refractivity contribution in [2.24, 2.45) is 0 Å². The fraction of sp³-hybridized carbons (Fsp3) is 0.222. The molecule has 56 valence electrons. The summed E-state index contributed by atoms with van der Waals surface area (Å²) in [5.74, 6) is 2.13. The summed E-state index contributed by atoms with van der Waals surface area (Å²) >= 11 is 0. The maximum absolute atomic E-state index is 12.3. The van der Waals surface area contributed by atoms with Crippen molar-refractivity contribution in [3.05, 3.63) is 29.8 Å². The van der Waals surface area contributed by atoms with E-state index in [2.05, 4.69) is 10.9 Å². The molecule has 0 saturated heterocycles. The van der Waals surface area contributed by atoms with Crippen LogP contribution in [-0.2, 0) is 0 Å². The van der Waals surface area contributed by atoms with Crippen molar-refractivity contribution in [1.82, 2.24) is 4.98 Å². The van der Waals surface area contributed by atoms with E-state index in [4.69, 9.17) is 6.42 Å². The molecule has 11 heavy (non-hydrogen) atoms. The summed E-state index contributed by atoms with van der Waals surface area (Å²) in [6, 6.07) is 2.95. The lowest BCUT2D eigenvalue weighted by molar-refractivity contribution is 0.618. The van der Waals surface area contributed by atoms with Crippen LogP contribution >= 0.6 is 0 Å². The van der Waals surface area contributed by atoms with E-state index in [1.807, 2.05) is 6.92 Å². The Bertz CT molecular complexity index is 271. The maximum Gasteiger partial charge on any atom is 0.141 e. The molecule has 0 fully saturated rings. The van der Waals surface area contributed by atoms with Gasteiger partial charge in [-0.3, -0.25) is 4.98 Å². The van der Waals surface area contributed by atoms with Gasteiger partial charge in [-0.05, 0) is 19.1 Å². The van der Waals surface area contributed by atoms with Crippen molar-refractivity contribution < 1.29 is 4.39 Å². The largest absolute Gasteiger partial charge is 0.257 e. The minimum atomic E-state index is -0.335. The third-order valence-corrected chi connectivity index (χ3v) is 1.44. The van der Waals surface area contributed by atoms with E-state index in [0.29, 0.717) is 0 Å². The van der Waals surface area contributed by atoms with Gasteiger partial charge < -0.3 is 0 Å². The Balaban J connectivity index is 2.92. The minimum Gasteiger partial charge on any atom is -0.257 e. The Morgan fingerprint density at radius 3 is 2.82 bits per heavy atom. The molecule has 0 amide bonds.